The van der Waals surface area contributed by atoms with Gasteiger partial charge in [0.15, 0.2) is 0 Å². The molecule has 1 N–H and O–H groups in total. The van der Waals surface area contributed by atoms with E-state index in [4.69, 9.17) is 5.11 Å². The molecular weight excluding hydrogens is 177 g/mol. The minimum atomic E-state index is -4.23. The smallest absolute Gasteiger partial charge is 0.396 e. The third kappa shape index (κ3) is 2.13. The van der Waals surface area contributed by atoms with E-state index in [1.54, 1.807) is 0 Å². The molecule has 11 heavy (non-hydrogen) atoms. The number of halogens is 3. The van der Waals surface area contributed by atoms with Crippen LogP contribution in [0.4, 0.5) is 13.2 Å². The second kappa shape index (κ2) is 3.06. The van der Waals surface area contributed by atoms with Gasteiger partial charge in [0.25, 0.3) is 0 Å². The SMILES string of the molecule is OCC1C=C(C(F)(F)F)SC1. The van der Waals surface area contributed by atoms with E-state index in [0.717, 1.165) is 17.8 Å². The van der Waals surface area contributed by atoms with Gasteiger partial charge in [0, 0.05) is 11.7 Å². The molecule has 0 aliphatic carbocycles. The molecule has 0 aromatic rings. The van der Waals surface area contributed by atoms with Gasteiger partial charge in [-0.05, 0) is 0 Å². The molecule has 1 aliphatic heterocycles. The molecule has 1 heterocycles. The fraction of sp³-hybridized carbons (Fsp3) is 0.667. The zero-order valence-electron chi connectivity index (χ0n) is 5.56. The molecule has 0 aromatic heterocycles. The van der Waals surface area contributed by atoms with Gasteiger partial charge in [0.2, 0.25) is 0 Å². The summed E-state index contributed by atoms with van der Waals surface area (Å²) in [6, 6.07) is 0. The third-order valence-corrected chi connectivity index (χ3v) is 2.63. The van der Waals surface area contributed by atoms with Crippen LogP contribution >= 0.6 is 11.8 Å². The van der Waals surface area contributed by atoms with Gasteiger partial charge in [0.1, 0.15) is 0 Å². The van der Waals surface area contributed by atoms with Crippen molar-refractivity contribution in [2.75, 3.05) is 12.4 Å². The van der Waals surface area contributed by atoms with Gasteiger partial charge < -0.3 is 5.11 Å². The van der Waals surface area contributed by atoms with Crippen molar-refractivity contribution in [2.45, 2.75) is 6.18 Å². The van der Waals surface area contributed by atoms with Crippen LogP contribution in [-0.4, -0.2) is 23.6 Å². The summed E-state index contributed by atoms with van der Waals surface area (Å²) in [5.41, 5.74) is 0. The Morgan fingerprint density at radius 2 is 2.27 bits per heavy atom. The lowest BCUT2D eigenvalue weighted by Crippen LogP contribution is -2.07. The summed E-state index contributed by atoms with van der Waals surface area (Å²) in [5.74, 6) is 0.0161. The molecule has 0 amide bonds. The molecule has 1 unspecified atom stereocenters. The van der Waals surface area contributed by atoms with Gasteiger partial charge in [-0.15, -0.1) is 11.8 Å². The van der Waals surface area contributed by atoms with Gasteiger partial charge in [-0.2, -0.15) is 13.2 Å². The zero-order chi connectivity index (χ0) is 8.48. The second-order valence-electron chi connectivity index (χ2n) is 2.28. The first kappa shape index (κ1) is 8.93. The number of hydrogen-bond acceptors (Lipinski definition) is 2. The van der Waals surface area contributed by atoms with Crippen LogP contribution in [0.25, 0.3) is 0 Å². The largest absolute Gasteiger partial charge is 0.421 e. The van der Waals surface area contributed by atoms with Crippen molar-refractivity contribution >= 4 is 11.8 Å². The van der Waals surface area contributed by atoms with E-state index >= 15 is 0 Å². The van der Waals surface area contributed by atoms with Crippen LogP contribution in [0.15, 0.2) is 11.0 Å². The van der Waals surface area contributed by atoms with Crippen molar-refractivity contribution in [1.82, 2.24) is 0 Å². The lowest BCUT2D eigenvalue weighted by molar-refractivity contribution is -0.0836. The summed E-state index contributed by atoms with van der Waals surface area (Å²) in [7, 11) is 0. The molecule has 0 radical (unpaired) electrons. The normalized spacial score (nSPS) is 25.5. The van der Waals surface area contributed by atoms with E-state index in [1.165, 1.54) is 0 Å². The van der Waals surface area contributed by atoms with Crippen molar-refractivity contribution in [3.8, 4) is 0 Å². The molecule has 0 bridgehead atoms. The average Bonchev–Trinajstić information content (AvgIpc) is 2.32. The molecular formula is C6H7F3OS. The van der Waals surface area contributed by atoms with Gasteiger partial charge >= 0.3 is 6.18 Å². The topological polar surface area (TPSA) is 20.2 Å². The number of aliphatic hydroxyl groups is 1. The van der Waals surface area contributed by atoms with Crippen LogP contribution in [0.2, 0.25) is 0 Å². The second-order valence-corrected chi connectivity index (χ2v) is 3.34. The Morgan fingerprint density at radius 3 is 2.55 bits per heavy atom. The first-order chi connectivity index (χ1) is 5.04. The number of rotatable bonds is 1. The summed E-state index contributed by atoms with van der Waals surface area (Å²) in [5, 5.41) is 8.52. The standard InChI is InChI=1S/C6H7F3OS/c7-6(8,9)5-1-4(2-10)3-11-5/h1,4,10H,2-3H2. The Morgan fingerprint density at radius 1 is 1.64 bits per heavy atom. The van der Waals surface area contributed by atoms with Crippen molar-refractivity contribution in [3.63, 3.8) is 0 Å². The first-order valence-electron chi connectivity index (χ1n) is 3.06. The van der Waals surface area contributed by atoms with Crippen LogP contribution in [0.5, 0.6) is 0 Å². The number of alkyl halides is 3. The van der Waals surface area contributed by atoms with Gasteiger partial charge in [-0.3, -0.25) is 0 Å². The molecule has 5 heteroatoms. The number of hydrogen-bond donors (Lipinski definition) is 1. The number of aliphatic hydroxyl groups excluding tert-OH is 1. The highest BCUT2D eigenvalue weighted by Crippen LogP contribution is 2.40. The van der Waals surface area contributed by atoms with E-state index in [0.29, 0.717) is 5.75 Å². The Balaban J connectivity index is 2.62. The predicted molar refractivity (Wildman–Crippen MR) is 37.2 cm³/mol. The van der Waals surface area contributed by atoms with Crippen LogP contribution in [-0.2, 0) is 0 Å². The maximum Gasteiger partial charge on any atom is 0.421 e. The lowest BCUT2D eigenvalue weighted by Gasteiger charge is -2.04. The summed E-state index contributed by atoms with van der Waals surface area (Å²) < 4.78 is 35.7. The summed E-state index contributed by atoms with van der Waals surface area (Å²) in [4.78, 5) is -0.573. The van der Waals surface area contributed by atoms with Crippen LogP contribution in [0, 0.1) is 5.92 Å². The molecule has 0 fully saturated rings. The highest BCUT2D eigenvalue weighted by Gasteiger charge is 2.37. The predicted octanol–water partition coefficient (Wildman–Crippen LogP) is 1.79. The van der Waals surface area contributed by atoms with Gasteiger partial charge in [-0.25, -0.2) is 0 Å². The highest BCUT2D eigenvalue weighted by atomic mass is 32.2. The first-order valence-corrected chi connectivity index (χ1v) is 4.05. The fourth-order valence-corrected chi connectivity index (χ4v) is 1.84. The number of allylic oxidation sites excluding steroid dienone is 1. The number of thioether (sulfide) groups is 1. The molecule has 1 aliphatic rings. The van der Waals surface area contributed by atoms with Crippen LogP contribution in [0.3, 0.4) is 0 Å². The van der Waals surface area contributed by atoms with Crippen molar-refractivity contribution in [3.05, 3.63) is 11.0 Å². The summed E-state index contributed by atoms with van der Waals surface area (Å²) in [6.07, 6.45) is -3.14. The minimum Gasteiger partial charge on any atom is -0.396 e. The summed E-state index contributed by atoms with van der Waals surface area (Å²) >= 11 is 0.758. The van der Waals surface area contributed by atoms with Crippen molar-refractivity contribution in [1.29, 1.82) is 0 Å². The third-order valence-electron chi connectivity index (χ3n) is 1.35. The molecule has 0 saturated heterocycles. The van der Waals surface area contributed by atoms with Crippen molar-refractivity contribution < 1.29 is 18.3 Å². The average molecular weight is 184 g/mol. The van der Waals surface area contributed by atoms with E-state index in [9.17, 15) is 13.2 Å². The molecule has 1 nitrogen and oxygen atoms in total. The highest BCUT2D eigenvalue weighted by molar-refractivity contribution is 8.03. The molecule has 0 saturated carbocycles. The molecule has 0 aromatic carbocycles. The van der Waals surface area contributed by atoms with E-state index in [2.05, 4.69) is 0 Å². The molecule has 1 atom stereocenters. The van der Waals surface area contributed by atoms with E-state index in [-0.39, 0.29) is 12.5 Å². The quantitative estimate of drug-likeness (QED) is 0.670. The van der Waals surface area contributed by atoms with E-state index in [1.807, 2.05) is 0 Å². The van der Waals surface area contributed by atoms with Crippen LogP contribution in [0.1, 0.15) is 0 Å². The molecule has 0 spiro atoms. The summed E-state index contributed by atoms with van der Waals surface area (Å²) in [6.45, 7) is -0.202. The van der Waals surface area contributed by atoms with Crippen molar-refractivity contribution in [2.24, 2.45) is 5.92 Å². The zero-order valence-corrected chi connectivity index (χ0v) is 6.37. The lowest BCUT2D eigenvalue weighted by atomic mass is 10.2. The molecule has 1 rings (SSSR count). The molecule has 64 valence electrons. The fourth-order valence-electron chi connectivity index (χ4n) is 0.789. The Labute approximate surface area is 66.3 Å². The van der Waals surface area contributed by atoms with Gasteiger partial charge in [-0.1, -0.05) is 6.08 Å². The maximum absolute atomic E-state index is 11.9. The Bertz CT molecular complexity index is 175. The monoisotopic (exact) mass is 184 g/mol. The Hall–Kier alpha value is -0.160. The van der Waals surface area contributed by atoms with Crippen LogP contribution < -0.4 is 0 Å². The van der Waals surface area contributed by atoms with Gasteiger partial charge in [0.05, 0.1) is 11.5 Å². The Kier molecular flexibility index (Phi) is 2.49. The minimum absolute atomic E-state index is 0.202. The van der Waals surface area contributed by atoms with E-state index < -0.39 is 11.1 Å². The maximum atomic E-state index is 11.9.